The number of benzene rings is 1. The van der Waals surface area contributed by atoms with Crippen molar-refractivity contribution in [3.63, 3.8) is 0 Å². The second-order valence-electron chi connectivity index (χ2n) is 6.45. The minimum absolute atomic E-state index is 0.0616. The molecule has 0 aliphatic carbocycles. The summed E-state index contributed by atoms with van der Waals surface area (Å²) in [6.07, 6.45) is 0.968. The Hall–Kier alpha value is -1.56. The quantitative estimate of drug-likeness (QED) is 0.735. The Morgan fingerprint density at radius 2 is 1.83 bits per heavy atom. The normalized spacial score (nSPS) is 11.0. The monoisotopic (exact) mass is 384 g/mol. The fourth-order valence-electron chi connectivity index (χ4n) is 1.90. The van der Waals surface area contributed by atoms with Crippen molar-refractivity contribution < 1.29 is 14.3 Å². The van der Waals surface area contributed by atoms with Gasteiger partial charge in [0.05, 0.1) is 13.2 Å². The van der Waals surface area contributed by atoms with Crippen LogP contribution in [0.1, 0.15) is 33.6 Å². The van der Waals surface area contributed by atoms with Crippen LogP contribution in [0.25, 0.3) is 0 Å². The van der Waals surface area contributed by atoms with Crippen molar-refractivity contribution in [2.45, 2.75) is 39.2 Å². The van der Waals surface area contributed by atoms with Gasteiger partial charge in [-0.25, -0.2) is 0 Å². The van der Waals surface area contributed by atoms with E-state index in [-0.39, 0.29) is 23.9 Å². The lowest BCUT2D eigenvalue weighted by Gasteiger charge is -2.23. The van der Waals surface area contributed by atoms with Gasteiger partial charge >= 0.3 is 0 Å². The first kappa shape index (κ1) is 19.5. The minimum Gasteiger partial charge on any atom is -0.494 e. The molecule has 0 aliphatic rings. The van der Waals surface area contributed by atoms with Crippen LogP contribution in [-0.4, -0.2) is 42.5 Å². The number of hydrogen-bond acceptors (Lipinski definition) is 3. The number of carbonyl (C=O) groups excluding carboxylic acids is 2. The van der Waals surface area contributed by atoms with Crippen LogP contribution in [0.15, 0.2) is 28.7 Å². The predicted octanol–water partition coefficient (Wildman–Crippen LogP) is 2.98. The fraction of sp³-hybridized carbons (Fsp3) is 0.529. The van der Waals surface area contributed by atoms with Gasteiger partial charge < -0.3 is 15.0 Å². The molecule has 2 amide bonds. The molecule has 0 heterocycles. The molecule has 0 saturated heterocycles. The summed E-state index contributed by atoms with van der Waals surface area (Å²) in [6, 6.07) is 7.55. The Labute approximate surface area is 146 Å². The second-order valence-corrected chi connectivity index (χ2v) is 7.37. The molecule has 1 aromatic carbocycles. The highest BCUT2D eigenvalue weighted by Gasteiger charge is 2.17. The summed E-state index contributed by atoms with van der Waals surface area (Å²) in [4.78, 5) is 25.2. The van der Waals surface area contributed by atoms with Gasteiger partial charge in [-0.15, -0.1) is 0 Å². The molecule has 1 rings (SSSR count). The molecule has 128 valence electrons. The minimum atomic E-state index is -0.292. The first-order valence-corrected chi connectivity index (χ1v) is 8.40. The van der Waals surface area contributed by atoms with Crippen molar-refractivity contribution in [1.82, 2.24) is 10.2 Å². The smallest absolute Gasteiger partial charge is 0.240 e. The molecule has 23 heavy (non-hydrogen) atoms. The standard InChI is InChI=1S/C17H25BrN2O3/c1-17(2,3)19-15(21)12-20(4)16(22)6-5-11-23-14-9-7-13(18)8-10-14/h7-10H,5-6,11-12H2,1-4H3,(H,19,21). The highest BCUT2D eigenvalue weighted by atomic mass is 79.9. The number of hydrogen-bond donors (Lipinski definition) is 1. The molecule has 1 N–H and O–H groups in total. The zero-order chi connectivity index (χ0) is 17.5. The van der Waals surface area contributed by atoms with E-state index in [1.54, 1.807) is 7.05 Å². The number of amides is 2. The molecule has 0 bridgehead atoms. The third kappa shape index (κ3) is 8.59. The van der Waals surface area contributed by atoms with Crippen molar-refractivity contribution in [1.29, 1.82) is 0 Å². The van der Waals surface area contributed by atoms with Crippen LogP contribution in [0.2, 0.25) is 0 Å². The second kappa shape index (κ2) is 8.91. The van der Waals surface area contributed by atoms with Gasteiger partial charge in [0.25, 0.3) is 0 Å². The number of nitrogens with zero attached hydrogens (tertiary/aromatic N) is 1. The van der Waals surface area contributed by atoms with Gasteiger partial charge in [0.15, 0.2) is 0 Å². The molecule has 0 atom stereocenters. The molecule has 5 nitrogen and oxygen atoms in total. The summed E-state index contributed by atoms with van der Waals surface area (Å²) in [5.74, 6) is 0.562. The van der Waals surface area contributed by atoms with Crippen LogP contribution in [0.5, 0.6) is 5.75 Å². The maximum absolute atomic E-state index is 12.0. The Bertz CT molecular complexity index is 524. The third-order valence-electron chi connectivity index (χ3n) is 2.94. The molecule has 0 fully saturated rings. The maximum atomic E-state index is 12.0. The van der Waals surface area contributed by atoms with Crippen LogP contribution in [0.4, 0.5) is 0 Å². The van der Waals surface area contributed by atoms with E-state index in [1.807, 2.05) is 45.0 Å². The molecular weight excluding hydrogens is 360 g/mol. The number of halogens is 1. The summed E-state index contributed by atoms with van der Waals surface area (Å²) < 4.78 is 6.56. The Balaban J connectivity index is 2.25. The van der Waals surface area contributed by atoms with Crippen molar-refractivity contribution >= 4 is 27.7 Å². The highest BCUT2D eigenvalue weighted by Crippen LogP contribution is 2.16. The molecule has 0 radical (unpaired) electrons. The van der Waals surface area contributed by atoms with Crippen LogP contribution in [0, 0.1) is 0 Å². The first-order chi connectivity index (χ1) is 10.7. The van der Waals surface area contributed by atoms with Crippen LogP contribution in [-0.2, 0) is 9.59 Å². The predicted molar refractivity (Wildman–Crippen MR) is 94.4 cm³/mol. The van der Waals surface area contributed by atoms with Gasteiger partial charge in [0.1, 0.15) is 5.75 Å². The molecule has 0 spiro atoms. The first-order valence-electron chi connectivity index (χ1n) is 7.61. The molecule has 0 aliphatic heterocycles. The maximum Gasteiger partial charge on any atom is 0.240 e. The summed E-state index contributed by atoms with van der Waals surface area (Å²) >= 11 is 3.36. The van der Waals surface area contributed by atoms with Gasteiger partial charge in [-0.3, -0.25) is 9.59 Å². The molecule has 0 unspecified atom stereocenters. The van der Waals surface area contributed by atoms with Gasteiger partial charge in [-0.1, -0.05) is 15.9 Å². The van der Waals surface area contributed by atoms with Crippen LogP contribution < -0.4 is 10.1 Å². The number of rotatable bonds is 7. The fourth-order valence-corrected chi connectivity index (χ4v) is 2.16. The number of nitrogens with one attached hydrogen (secondary N) is 1. The average Bonchev–Trinajstić information content (AvgIpc) is 2.43. The summed E-state index contributed by atoms with van der Waals surface area (Å²) in [6.45, 7) is 6.27. The number of carbonyl (C=O) groups is 2. The van der Waals surface area contributed by atoms with Gasteiger partial charge in [-0.2, -0.15) is 0 Å². The lowest BCUT2D eigenvalue weighted by molar-refractivity contribution is -0.135. The van der Waals surface area contributed by atoms with Crippen molar-refractivity contribution in [3.05, 3.63) is 28.7 Å². The summed E-state index contributed by atoms with van der Waals surface area (Å²) in [5, 5.41) is 2.84. The molecule has 1 aromatic rings. The summed E-state index contributed by atoms with van der Waals surface area (Å²) in [7, 11) is 1.64. The summed E-state index contributed by atoms with van der Waals surface area (Å²) in [5.41, 5.74) is -0.292. The Morgan fingerprint density at radius 3 is 2.39 bits per heavy atom. The van der Waals surface area contributed by atoms with Crippen molar-refractivity contribution in [2.75, 3.05) is 20.2 Å². The van der Waals surface area contributed by atoms with E-state index in [2.05, 4.69) is 21.2 Å². The molecule has 0 saturated carbocycles. The lowest BCUT2D eigenvalue weighted by atomic mass is 10.1. The largest absolute Gasteiger partial charge is 0.494 e. The Morgan fingerprint density at radius 1 is 1.22 bits per heavy atom. The van der Waals surface area contributed by atoms with Gasteiger partial charge in [-0.05, 0) is 51.5 Å². The van der Waals surface area contributed by atoms with E-state index in [1.165, 1.54) is 4.90 Å². The van der Waals surface area contributed by atoms with E-state index in [9.17, 15) is 9.59 Å². The highest BCUT2D eigenvalue weighted by molar-refractivity contribution is 9.10. The zero-order valence-electron chi connectivity index (χ0n) is 14.2. The van der Waals surface area contributed by atoms with Crippen molar-refractivity contribution in [3.8, 4) is 5.75 Å². The number of likely N-dealkylation sites (N-methyl/N-ethyl adjacent to an activating group) is 1. The topological polar surface area (TPSA) is 58.6 Å². The van der Waals surface area contributed by atoms with Crippen LogP contribution in [0.3, 0.4) is 0 Å². The lowest BCUT2D eigenvalue weighted by Crippen LogP contribution is -2.46. The SMILES string of the molecule is CN(CC(=O)NC(C)(C)C)C(=O)CCCOc1ccc(Br)cc1. The molecule has 0 aromatic heterocycles. The zero-order valence-corrected chi connectivity index (χ0v) is 15.8. The molecule has 6 heteroatoms. The molecular formula is C17H25BrN2O3. The average molecular weight is 385 g/mol. The van der Waals surface area contributed by atoms with Crippen LogP contribution >= 0.6 is 15.9 Å². The Kier molecular flexibility index (Phi) is 7.55. The van der Waals surface area contributed by atoms with E-state index in [0.29, 0.717) is 19.4 Å². The third-order valence-corrected chi connectivity index (χ3v) is 3.47. The van der Waals surface area contributed by atoms with E-state index in [0.717, 1.165) is 10.2 Å². The van der Waals surface area contributed by atoms with Gasteiger partial charge in [0, 0.05) is 23.5 Å². The van der Waals surface area contributed by atoms with E-state index in [4.69, 9.17) is 4.74 Å². The van der Waals surface area contributed by atoms with Gasteiger partial charge in [0.2, 0.25) is 11.8 Å². The number of ether oxygens (including phenoxy) is 1. The van der Waals surface area contributed by atoms with E-state index < -0.39 is 0 Å². The van der Waals surface area contributed by atoms with E-state index >= 15 is 0 Å². The van der Waals surface area contributed by atoms with Crippen molar-refractivity contribution in [2.24, 2.45) is 0 Å².